The molecule has 6 heteroatoms. The second-order valence-electron chi connectivity index (χ2n) is 0.860. The molecule has 4 nitrogen and oxygen atoms in total. The molecule has 0 aromatic heterocycles. The Bertz CT molecular complexity index is 167. The Kier molecular flexibility index (Phi) is 19.1. The summed E-state index contributed by atoms with van der Waals surface area (Å²) in [7, 11) is 0. The topological polar surface area (TPSA) is 74.6 Å². The van der Waals surface area contributed by atoms with Crippen molar-refractivity contribution < 1.29 is 125 Å². The predicted molar refractivity (Wildman–Crippen MR) is 25.3 cm³/mol. The largest absolute Gasteiger partial charge is 1.00 e. The van der Waals surface area contributed by atoms with E-state index in [4.69, 9.17) is 10.2 Å². The Balaban J connectivity index is -0.0000000408. The average Bonchev–Trinajstić information content (AvgIpc) is 1.61. The third kappa shape index (κ3) is 16.4. The number of hydrogen-bond acceptors (Lipinski definition) is 2. The Hall–Kier alpha value is 1.77. The molecule has 0 atom stereocenters. The molecule has 0 aliphatic rings. The van der Waals surface area contributed by atoms with E-state index in [1.807, 2.05) is 0 Å². The van der Waals surface area contributed by atoms with Gasteiger partial charge in [-0.2, -0.15) is 0 Å². The fourth-order valence-electron chi connectivity index (χ4n) is 0.107. The van der Waals surface area contributed by atoms with Gasteiger partial charge in [-0.3, -0.25) is 0 Å². The second kappa shape index (κ2) is 10.8. The summed E-state index contributed by atoms with van der Waals surface area (Å²) in [5.74, 6) is -0.0511. The molecule has 0 aromatic carbocycles. The summed E-state index contributed by atoms with van der Waals surface area (Å²) in [6.45, 7) is 0. The third-order valence-corrected chi connectivity index (χ3v) is 0.276. The molecule has 0 spiro atoms. The summed E-state index contributed by atoms with van der Waals surface area (Å²) in [5, 5.41) is 15.5. The molecule has 0 rings (SSSR count). The maximum absolute atomic E-state index is 9.47. The van der Waals surface area contributed by atoms with Gasteiger partial charge in [-0.1, -0.05) is 0 Å². The molecule has 2 N–H and O–H groups in total. The SMILES string of the molecule is O=C(O)C#CC(=O)O.[H-].[H-].[K+].[K+]. The standard InChI is InChI=1S/C4H2O4.2K.2H/c5-3(6)1-2-4(7)8;;;;/h(H,5,6)(H,7,8);;;;/q;2*+1;2*-1. The first-order chi connectivity index (χ1) is 3.63. The minimum Gasteiger partial charge on any atom is -1.00 e. The monoisotopic (exact) mass is 194 g/mol. The van der Waals surface area contributed by atoms with Crippen LogP contribution in [-0.4, -0.2) is 22.2 Å². The van der Waals surface area contributed by atoms with Crippen LogP contribution in [0.2, 0.25) is 0 Å². The van der Waals surface area contributed by atoms with Crippen molar-refractivity contribution in [2.75, 3.05) is 0 Å². The number of carbonyl (C=O) groups is 2. The summed E-state index contributed by atoms with van der Waals surface area (Å²) in [5.41, 5.74) is 0. The Morgan fingerprint density at radius 1 is 1.00 bits per heavy atom. The van der Waals surface area contributed by atoms with Crippen molar-refractivity contribution in [3.63, 3.8) is 0 Å². The van der Waals surface area contributed by atoms with Crippen LogP contribution in [0.25, 0.3) is 0 Å². The van der Waals surface area contributed by atoms with Crippen LogP contribution >= 0.6 is 0 Å². The molecule has 0 aliphatic heterocycles. The van der Waals surface area contributed by atoms with Crippen LogP contribution < -0.4 is 103 Å². The van der Waals surface area contributed by atoms with Crippen LogP contribution in [0.3, 0.4) is 0 Å². The van der Waals surface area contributed by atoms with Crippen LogP contribution in [0.15, 0.2) is 0 Å². The van der Waals surface area contributed by atoms with Gasteiger partial charge < -0.3 is 13.1 Å². The summed E-state index contributed by atoms with van der Waals surface area (Å²) >= 11 is 0. The summed E-state index contributed by atoms with van der Waals surface area (Å²) in [4.78, 5) is 18.9. The quantitative estimate of drug-likeness (QED) is 0.297. The second-order valence-corrected chi connectivity index (χ2v) is 0.860. The first-order valence-corrected chi connectivity index (χ1v) is 1.61. The number of hydrogen-bond donors (Lipinski definition) is 2. The number of rotatable bonds is 0. The zero-order valence-corrected chi connectivity index (χ0v) is 12.0. The van der Waals surface area contributed by atoms with Gasteiger partial charge >= 0.3 is 115 Å². The van der Waals surface area contributed by atoms with Gasteiger partial charge in [-0.15, -0.1) is 0 Å². The number of aliphatic carboxylic acids is 2. The van der Waals surface area contributed by atoms with Crippen molar-refractivity contribution in [1.29, 1.82) is 0 Å². The van der Waals surface area contributed by atoms with Gasteiger partial charge in [0.1, 0.15) is 0 Å². The molecule has 0 aliphatic carbocycles. The first kappa shape index (κ1) is 17.8. The molecule has 0 saturated heterocycles. The van der Waals surface area contributed by atoms with Crippen molar-refractivity contribution in [2.24, 2.45) is 0 Å². The molecule has 0 heterocycles. The molecule has 0 bridgehead atoms. The normalized spacial score (nSPS) is 5.20. The van der Waals surface area contributed by atoms with Gasteiger partial charge in [0, 0.05) is 11.8 Å². The van der Waals surface area contributed by atoms with Crippen molar-refractivity contribution in [3.05, 3.63) is 0 Å². The summed E-state index contributed by atoms with van der Waals surface area (Å²) in [6.07, 6.45) is 0. The van der Waals surface area contributed by atoms with E-state index in [1.54, 1.807) is 0 Å². The molecule has 0 unspecified atom stereocenters. The molecule has 46 valence electrons. The minimum atomic E-state index is -1.44. The zero-order valence-electron chi connectivity index (χ0n) is 7.71. The fraction of sp³-hybridized carbons (Fsp3) is 0. The Morgan fingerprint density at radius 2 is 1.20 bits per heavy atom. The van der Waals surface area contributed by atoms with Crippen LogP contribution in [0.1, 0.15) is 2.85 Å². The first-order valence-electron chi connectivity index (χ1n) is 1.61. The van der Waals surface area contributed by atoms with Crippen molar-refractivity contribution in [3.8, 4) is 11.8 Å². The summed E-state index contributed by atoms with van der Waals surface area (Å²) in [6, 6.07) is 0. The number of carboxylic acids is 2. The van der Waals surface area contributed by atoms with Gasteiger partial charge in [-0.05, 0) is 0 Å². The van der Waals surface area contributed by atoms with E-state index in [2.05, 4.69) is 0 Å². The molecule has 0 amide bonds. The van der Waals surface area contributed by atoms with Gasteiger partial charge in [0.25, 0.3) is 0 Å². The van der Waals surface area contributed by atoms with E-state index >= 15 is 0 Å². The fourth-order valence-corrected chi connectivity index (χ4v) is 0.107. The maximum atomic E-state index is 9.47. The Labute approximate surface area is 146 Å². The van der Waals surface area contributed by atoms with E-state index in [0.29, 0.717) is 0 Å². The van der Waals surface area contributed by atoms with Gasteiger partial charge in [0.15, 0.2) is 0 Å². The molecular weight excluding hydrogens is 190 g/mol. The van der Waals surface area contributed by atoms with E-state index < -0.39 is 11.9 Å². The van der Waals surface area contributed by atoms with Gasteiger partial charge in [0.2, 0.25) is 0 Å². The van der Waals surface area contributed by atoms with E-state index in [-0.39, 0.29) is 106 Å². The molecule has 0 fully saturated rings. The van der Waals surface area contributed by atoms with Gasteiger partial charge in [-0.25, -0.2) is 9.59 Å². The zero-order chi connectivity index (χ0) is 6.57. The average molecular weight is 194 g/mol. The van der Waals surface area contributed by atoms with Crippen molar-refractivity contribution in [1.82, 2.24) is 0 Å². The van der Waals surface area contributed by atoms with Crippen molar-refractivity contribution in [2.45, 2.75) is 0 Å². The summed E-state index contributed by atoms with van der Waals surface area (Å²) < 4.78 is 0. The maximum Gasteiger partial charge on any atom is 1.00 e. The van der Waals surface area contributed by atoms with E-state index in [0.717, 1.165) is 0 Å². The van der Waals surface area contributed by atoms with Crippen LogP contribution in [0.5, 0.6) is 0 Å². The minimum absolute atomic E-state index is 0. The Morgan fingerprint density at radius 3 is 1.30 bits per heavy atom. The molecule has 0 aromatic rings. The predicted octanol–water partition coefficient (Wildman–Crippen LogP) is -6.61. The van der Waals surface area contributed by atoms with Crippen LogP contribution in [0, 0.1) is 11.8 Å². The smallest absolute Gasteiger partial charge is 1.00 e. The third-order valence-electron chi connectivity index (χ3n) is 0.276. The van der Waals surface area contributed by atoms with Crippen LogP contribution in [0.4, 0.5) is 0 Å². The molecular formula is C4H4K2O4. The van der Waals surface area contributed by atoms with E-state index in [9.17, 15) is 9.59 Å². The number of carboxylic acid groups (broad SMARTS) is 2. The van der Waals surface area contributed by atoms with Crippen molar-refractivity contribution >= 4 is 11.9 Å². The molecule has 10 heavy (non-hydrogen) atoms. The van der Waals surface area contributed by atoms with Gasteiger partial charge in [0.05, 0.1) is 0 Å². The molecule has 0 saturated carbocycles. The van der Waals surface area contributed by atoms with E-state index in [1.165, 1.54) is 11.8 Å². The molecule has 0 radical (unpaired) electrons. The van der Waals surface area contributed by atoms with Crippen LogP contribution in [-0.2, 0) is 9.59 Å².